The van der Waals surface area contributed by atoms with Crippen LogP contribution in [-0.2, 0) is 4.79 Å². The highest BCUT2D eigenvalue weighted by molar-refractivity contribution is 5.84. The van der Waals surface area contributed by atoms with Crippen molar-refractivity contribution in [2.24, 2.45) is 5.73 Å². The molecule has 0 saturated heterocycles. The highest BCUT2D eigenvalue weighted by Crippen LogP contribution is 2.21. The van der Waals surface area contributed by atoms with E-state index in [2.05, 4.69) is 9.97 Å². The molecule has 16 heavy (non-hydrogen) atoms. The van der Waals surface area contributed by atoms with Gasteiger partial charge in [-0.25, -0.2) is 0 Å². The molecule has 0 radical (unpaired) electrons. The second-order valence-electron chi connectivity index (χ2n) is 3.38. The molecule has 0 saturated carbocycles. The zero-order chi connectivity index (χ0) is 11.4. The maximum absolute atomic E-state index is 11.5. The third-order valence-electron chi connectivity index (χ3n) is 2.30. The molecule has 1 aromatic heterocycles. The minimum absolute atomic E-state index is 0.424. The van der Waals surface area contributed by atoms with E-state index in [1.54, 1.807) is 18.6 Å². The number of carbonyl (C=O) groups is 1. The Morgan fingerprint density at radius 3 is 2.50 bits per heavy atom. The molecular weight excluding hydrogens is 202 g/mol. The van der Waals surface area contributed by atoms with Crippen LogP contribution in [0.1, 0.15) is 17.2 Å². The number of hydrogen-bond donors (Lipinski definition) is 1. The van der Waals surface area contributed by atoms with Crippen molar-refractivity contribution in [2.75, 3.05) is 0 Å². The van der Waals surface area contributed by atoms with Crippen LogP contribution in [0.15, 0.2) is 48.9 Å². The van der Waals surface area contributed by atoms with Gasteiger partial charge in [0.1, 0.15) is 5.92 Å². The fraction of sp³-hybridized carbons (Fsp3) is 0.0833. The average Bonchev–Trinajstić information content (AvgIpc) is 2.31. The summed E-state index contributed by atoms with van der Waals surface area (Å²) in [6.07, 6.45) is 4.67. The van der Waals surface area contributed by atoms with E-state index < -0.39 is 11.8 Å². The van der Waals surface area contributed by atoms with Crippen molar-refractivity contribution < 1.29 is 4.79 Å². The number of nitrogens with two attached hydrogens (primary N) is 1. The molecule has 1 unspecified atom stereocenters. The molecule has 1 amide bonds. The van der Waals surface area contributed by atoms with Gasteiger partial charge >= 0.3 is 0 Å². The highest BCUT2D eigenvalue weighted by Gasteiger charge is 2.21. The number of aromatic nitrogens is 2. The summed E-state index contributed by atoms with van der Waals surface area (Å²) in [6.45, 7) is 0. The number of carbonyl (C=O) groups excluding carboxylic acids is 1. The van der Waals surface area contributed by atoms with Gasteiger partial charge in [-0.3, -0.25) is 14.8 Å². The fourth-order valence-electron chi connectivity index (χ4n) is 1.59. The van der Waals surface area contributed by atoms with Crippen LogP contribution < -0.4 is 5.73 Å². The largest absolute Gasteiger partial charge is 0.369 e. The number of benzene rings is 1. The lowest BCUT2D eigenvalue weighted by atomic mass is 9.95. The molecule has 0 aliphatic rings. The van der Waals surface area contributed by atoms with Crippen LogP contribution in [0, 0.1) is 0 Å². The Kier molecular flexibility index (Phi) is 2.91. The van der Waals surface area contributed by atoms with Gasteiger partial charge in [0.15, 0.2) is 0 Å². The van der Waals surface area contributed by atoms with Crippen LogP contribution in [-0.4, -0.2) is 15.9 Å². The lowest BCUT2D eigenvalue weighted by molar-refractivity contribution is -0.118. The van der Waals surface area contributed by atoms with Gasteiger partial charge < -0.3 is 5.73 Å². The Morgan fingerprint density at radius 1 is 1.19 bits per heavy atom. The van der Waals surface area contributed by atoms with Crippen LogP contribution in [0.5, 0.6) is 0 Å². The first-order valence-corrected chi connectivity index (χ1v) is 4.89. The Bertz CT molecular complexity index is 431. The predicted octanol–water partition coefficient (Wildman–Crippen LogP) is 1.09. The summed E-state index contributed by atoms with van der Waals surface area (Å²) in [6, 6.07) is 9.32. The lowest BCUT2D eigenvalue weighted by Crippen LogP contribution is -2.23. The summed E-state index contributed by atoms with van der Waals surface area (Å²) in [4.78, 5) is 19.5. The topological polar surface area (TPSA) is 68.9 Å². The van der Waals surface area contributed by atoms with Crippen molar-refractivity contribution in [1.82, 2.24) is 9.97 Å². The molecule has 2 aromatic rings. The van der Waals surface area contributed by atoms with E-state index in [0.29, 0.717) is 5.69 Å². The third kappa shape index (κ3) is 2.06. The van der Waals surface area contributed by atoms with Gasteiger partial charge in [0.25, 0.3) is 0 Å². The Morgan fingerprint density at radius 2 is 1.94 bits per heavy atom. The smallest absolute Gasteiger partial charge is 0.231 e. The zero-order valence-electron chi connectivity index (χ0n) is 8.58. The summed E-state index contributed by atoms with van der Waals surface area (Å²) in [5.41, 5.74) is 6.79. The molecule has 1 atom stereocenters. The fourth-order valence-corrected chi connectivity index (χ4v) is 1.59. The Balaban J connectivity index is 2.44. The van der Waals surface area contributed by atoms with E-state index in [0.717, 1.165) is 5.56 Å². The van der Waals surface area contributed by atoms with Crippen LogP contribution in [0.2, 0.25) is 0 Å². The minimum Gasteiger partial charge on any atom is -0.369 e. The summed E-state index contributed by atoms with van der Waals surface area (Å²) in [7, 11) is 0. The minimum atomic E-state index is -0.533. The molecule has 0 bridgehead atoms. The number of amides is 1. The van der Waals surface area contributed by atoms with Crippen molar-refractivity contribution in [3.05, 3.63) is 60.2 Å². The normalized spacial score (nSPS) is 12.0. The highest BCUT2D eigenvalue weighted by atomic mass is 16.1. The molecule has 2 rings (SSSR count). The molecule has 0 aliphatic carbocycles. The first kappa shape index (κ1) is 10.3. The van der Waals surface area contributed by atoms with Gasteiger partial charge in [0, 0.05) is 18.6 Å². The first-order valence-electron chi connectivity index (χ1n) is 4.89. The molecule has 4 nitrogen and oxygen atoms in total. The summed E-state index contributed by atoms with van der Waals surface area (Å²) < 4.78 is 0. The maximum atomic E-state index is 11.5. The second kappa shape index (κ2) is 4.53. The van der Waals surface area contributed by atoms with Crippen LogP contribution in [0.25, 0.3) is 0 Å². The van der Waals surface area contributed by atoms with Gasteiger partial charge in [0.05, 0.1) is 5.69 Å². The average molecular weight is 213 g/mol. The van der Waals surface area contributed by atoms with Crippen molar-refractivity contribution in [2.45, 2.75) is 5.92 Å². The molecule has 0 fully saturated rings. The lowest BCUT2D eigenvalue weighted by Gasteiger charge is -2.12. The Hall–Kier alpha value is -2.23. The summed E-state index contributed by atoms with van der Waals surface area (Å²) in [5.74, 6) is -0.957. The van der Waals surface area contributed by atoms with Crippen molar-refractivity contribution in [3.63, 3.8) is 0 Å². The van der Waals surface area contributed by atoms with E-state index in [1.807, 2.05) is 30.3 Å². The molecule has 4 heteroatoms. The number of rotatable bonds is 3. The first-order chi connectivity index (χ1) is 7.79. The third-order valence-corrected chi connectivity index (χ3v) is 2.30. The van der Waals surface area contributed by atoms with E-state index in [-0.39, 0.29) is 0 Å². The van der Waals surface area contributed by atoms with Crippen molar-refractivity contribution in [3.8, 4) is 0 Å². The SMILES string of the molecule is NC(=O)C(c1ccccc1)c1cnccn1. The maximum Gasteiger partial charge on any atom is 0.231 e. The van der Waals surface area contributed by atoms with Crippen LogP contribution in [0.3, 0.4) is 0 Å². The van der Waals surface area contributed by atoms with Gasteiger partial charge in [-0.2, -0.15) is 0 Å². The van der Waals surface area contributed by atoms with Gasteiger partial charge in [-0.05, 0) is 5.56 Å². The number of nitrogens with zero attached hydrogens (tertiary/aromatic N) is 2. The molecule has 1 aromatic carbocycles. The molecule has 80 valence electrons. The summed E-state index contributed by atoms with van der Waals surface area (Å²) >= 11 is 0. The Labute approximate surface area is 93.2 Å². The van der Waals surface area contributed by atoms with Gasteiger partial charge in [-0.1, -0.05) is 30.3 Å². The molecule has 0 spiro atoms. The van der Waals surface area contributed by atoms with E-state index in [4.69, 9.17) is 5.73 Å². The van der Waals surface area contributed by atoms with E-state index >= 15 is 0 Å². The van der Waals surface area contributed by atoms with Gasteiger partial charge in [-0.15, -0.1) is 0 Å². The van der Waals surface area contributed by atoms with Crippen LogP contribution >= 0.6 is 0 Å². The zero-order valence-corrected chi connectivity index (χ0v) is 8.58. The number of primary amides is 1. The van der Waals surface area contributed by atoms with Crippen molar-refractivity contribution in [1.29, 1.82) is 0 Å². The quantitative estimate of drug-likeness (QED) is 0.829. The van der Waals surface area contributed by atoms with Crippen LogP contribution in [0.4, 0.5) is 0 Å². The second-order valence-corrected chi connectivity index (χ2v) is 3.38. The number of hydrogen-bond acceptors (Lipinski definition) is 3. The molecule has 2 N–H and O–H groups in total. The standard InChI is InChI=1S/C12H11N3O/c13-12(16)11(9-4-2-1-3-5-9)10-8-14-6-7-15-10/h1-8,11H,(H2,13,16). The molecule has 0 aliphatic heterocycles. The van der Waals surface area contributed by atoms with E-state index in [1.165, 1.54) is 0 Å². The monoisotopic (exact) mass is 213 g/mol. The van der Waals surface area contributed by atoms with Gasteiger partial charge in [0.2, 0.25) is 5.91 Å². The predicted molar refractivity (Wildman–Crippen MR) is 59.5 cm³/mol. The van der Waals surface area contributed by atoms with Crippen molar-refractivity contribution >= 4 is 5.91 Å². The summed E-state index contributed by atoms with van der Waals surface area (Å²) in [5, 5.41) is 0. The molecule has 1 heterocycles. The molecular formula is C12H11N3O. The van der Waals surface area contributed by atoms with E-state index in [9.17, 15) is 4.79 Å².